The first-order valence-corrected chi connectivity index (χ1v) is 5.14. The lowest BCUT2D eigenvalue weighted by atomic mass is 10.3. The average molecular weight is 259 g/mol. The van der Waals surface area contributed by atoms with Crippen molar-refractivity contribution < 1.29 is 24.3 Å². The zero-order valence-corrected chi connectivity index (χ0v) is 9.56. The van der Waals surface area contributed by atoms with Crippen LogP contribution in [-0.2, 0) is 19.2 Å². The molecule has 0 aliphatic rings. The molecule has 0 saturated carbocycles. The van der Waals surface area contributed by atoms with E-state index in [1.54, 1.807) is 0 Å². The Bertz CT molecular complexity index is 456. The number of nitrogens with zero attached hydrogens (tertiary/aromatic N) is 2. The first kappa shape index (κ1) is 12.9. The van der Waals surface area contributed by atoms with Crippen LogP contribution < -0.4 is 5.73 Å². The van der Waals surface area contributed by atoms with Gasteiger partial charge in [-0.05, 0) is 0 Å². The summed E-state index contributed by atoms with van der Waals surface area (Å²) in [6.45, 7) is -0.479. The quantitative estimate of drug-likeness (QED) is 0.422. The number of carboxylic acid groups (broad SMARTS) is 1. The van der Waals surface area contributed by atoms with E-state index in [4.69, 9.17) is 10.8 Å². The van der Waals surface area contributed by atoms with E-state index < -0.39 is 24.3 Å². The van der Waals surface area contributed by atoms with Gasteiger partial charge in [-0.3, -0.25) is 0 Å². The lowest BCUT2D eigenvalue weighted by molar-refractivity contribution is -0.146. The van der Waals surface area contributed by atoms with Crippen molar-refractivity contribution in [3.63, 3.8) is 0 Å². The van der Waals surface area contributed by atoms with Crippen molar-refractivity contribution in [3.8, 4) is 0 Å². The van der Waals surface area contributed by atoms with Crippen molar-refractivity contribution >= 4 is 34.1 Å². The van der Waals surface area contributed by atoms with Crippen molar-refractivity contribution in [1.82, 2.24) is 4.98 Å². The van der Waals surface area contributed by atoms with Gasteiger partial charge in [0.15, 0.2) is 5.13 Å². The molecule has 0 fully saturated rings. The lowest BCUT2D eigenvalue weighted by Crippen LogP contribution is -2.17. The molecule has 1 rings (SSSR count). The van der Waals surface area contributed by atoms with Gasteiger partial charge < -0.3 is 20.4 Å². The maximum Gasteiger partial charge on any atom is 0.360 e. The number of nitrogens with two attached hydrogens (primary N) is 1. The van der Waals surface area contributed by atoms with E-state index in [1.807, 2.05) is 0 Å². The van der Waals surface area contributed by atoms with Crippen LogP contribution in [0, 0.1) is 0 Å². The van der Waals surface area contributed by atoms with E-state index in [9.17, 15) is 9.59 Å². The summed E-state index contributed by atoms with van der Waals surface area (Å²) in [4.78, 5) is 29.8. The van der Waals surface area contributed by atoms with Crippen LogP contribution >= 0.6 is 11.3 Å². The molecule has 0 radical (unpaired) electrons. The van der Waals surface area contributed by atoms with Crippen LogP contribution in [0.15, 0.2) is 10.5 Å². The number of ether oxygens (including phenoxy) is 1. The number of methoxy groups -OCH3 is 1. The van der Waals surface area contributed by atoms with Gasteiger partial charge >= 0.3 is 11.9 Å². The van der Waals surface area contributed by atoms with Crippen LogP contribution in [-0.4, -0.2) is 41.5 Å². The summed E-state index contributed by atoms with van der Waals surface area (Å²) in [5, 5.41) is 13.8. The van der Waals surface area contributed by atoms with Crippen molar-refractivity contribution in [2.24, 2.45) is 5.16 Å². The highest BCUT2D eigenvalue weighted by Crippen LogP contribution is 2.12. The predicted octanol–water partition coefficient (Wildman–Crippen LogP) is -0.296. The molecule has 0 amide bonds. The summed E-state index contributed by atoms with van der Waals surface area (Å²) in [6, 6.07) is 0. The van der Waals surface area contributed by atoms with Gasteiger partial charge in [0, 0.05) is 5.38 Å². The van der Waals surface area contributed by atoms with Crippen LogP contribution in [0.4, 0.5) is 5.13 Å². The van der Waals surface area contributed by atoms with Gasteiger partial charge in [0.1, 0.15) is 5.69 Å². The number of hydrogen-bond donors (Lipinski definition) is 2. The number of aliphatic carboxylic acids is 1. The van der Waals surface area contributed by atoms with Crippen molar-refractivity contribution in [3.05, 3.63) is 11.1 Å². The minimum atomic E-state index is -1.33. The van der Waals surface area contributed by atoms with Gasteiger partial charge in [0.2, 0.25) is 12.3 Å². The zero-order chi connectivity index (χ0) is 12.8. The lowest BCUT2D eigenvalue weighted by Gasteiger charge is -1.99. The second kappa shape index (κ2) is 5.80. The molecule has 17 heavy (non-hydrogen) atoms. The molecule has 0 aromatic carbocycles. The summed E-state index contributed by atoms with van der Waals surface area (Å²) in [5.74, 6) is -2.00. The molecule has 1 aromatic rings. The molecule has 8 nitrogen and oxygen atoms in total. The second-order valence-corrected chi connectivity index (χ2v) is 3.56. The molecule has 3 N–H and O–H groups in total. The summed E-state index contributed by atoms with van der Waals surface area (Å²) in [5.41, 5.74) is 5.00. The second-order valence-electron chi connectivity index (χ2n) is 2.67. The molecule has 0 aliphatic heterocycles. The molecule has 0 aliphatic carbocycles. The number of carbonyl (C=O) groups excluding carboxylic acids is 1. The standard InChI is InChI=1S/C8H9N3O5S/c1-15-5(12)2-16-11-6(7(13)14)4-3-17-8(9)10-4/h3H,2H2,1H3,(H2,9,10)(H,13,14)/b11-6-. The average Bonchev–Trinajstić information content (AvgIpc) is 2.70. The molecule has 9 heteroatoms. The van der Waals surface area contributed by atoms with Crippen molar-refractivity contribution in [2.75, 3.05) is 19.5 Å². The molecule has 0 bridgehead atoms. The Balaban J connectivity index is 2.76. The summed E-state index contributed by atoms with van der Waals surface area (Å²) in [6.07, 6.45) is 0. The molecule has 0 atom stereocenters. The third kappa shape index (κ3) is 3.72. The van der Waals surface area contributed by atoms with E-state index in [1.165, 1.54) is 12.5 Å². The van der Waals surface area contributed by atoms with E-state index >= 15 is 0 Å². The van der Waals surface area contributed by atoms with E-state index in [-0.39, 0.29) is 10.8 Å². The van der Waals surface area contributed by atoms with Gasteiger partial charge in [-0.1, -0.05) is 5.16 Å². The normalized spacial score (nSPS) is 11.0. The molecule has 0 unspecified atom stereocenters. The number of aromatic nitrogens is 1. The third-order valence-electron chi connectivity index (χ3n) is 1.53. The number of carbonyl (C=O) groups is 2. The fourth-order valence-corrected chi connectivity index (χ4v) is 1.35. The van der Waals surface area contributed by atoms with Gasteiger partial charge in [0.25, 0.3) is 0 Å². The van der Waals surface area contributed by atoms with E-state index in [0.717, 1.165) is 11.3 Å². The number of esters is 1. The smallest absolute Gasteiger partial charge is 0.360 e. The Hall–Kier alpha value is -2.16. The minimum absolute atomic E-state index is 0.0739. The number of oxime groups is 1. The predicted molar refractivity (Wildman–Crippen MR) is 58.7 cm³/mol. The number of thiazole rings is 1. The Labute approximate surface area is 99.6 Å². The van der Waals surface area contributed by atoms with E-state index in [2.05, 4.69) is 19.7 Å². The Morgan fingerprint density at radius 1 is 1.65 bits per heavy atom. The summed E-state index contributed by atoms with van der Waals surface area (Å²) >= 11 is 1.07. The molecule has 0 saturated heterocycles. The van der Waals surface area contributed by atoms with Gasteiger partial charge in [-0.25, -0.2) is 14.6 Å². The zero-order valence-electron chi connectivity index (χ0n) is 8.74. The largest absolute Gasteiger partial charge is 0.476 e. The molecular formula is C8H9N3O5S. The summed E-state index contributed by atoms with van der Waals surface area (Å²) < 4.78 is 4.29. The first-order chi connectivity index (χ1) is 8.04. The Kier molecular flexibility index (Phi) is 4.40. The van der Waals surface area contributed by atoms with E-state index in [0.29, 0.717) is 0 Å². The third-order valence-corrected chi connectivity index (χ3v) is 2.21. The van der Waals surface area contributed by atoms with Crippen molar-refractivity contribution in [2.45, 2.75) is 0 Å². The number of carboxylic acids is 1. The van der Waals surface area contributed by atoms with Crippen LogP contribution in [0.3, 0.4) is 0 Å². The van der Waals surface area contributed by atoms with Gasteiger partial charge in [0.05, 0.1) is 7.11 Å². The highest BCUT2D eigenvalue weighted by molar-refractivity contribution is 7.13. The van der Waals surface area contributed by atoms with Crippen molar-refractivity contribution in [1.29, 1.82) is 0 Å². The SMILES string of the molecule is COC(=O)CO/N=C(\C(=O)O)c1csc(N)n1. The highest BCUT2D eigenvalue weighted by atomic mass is 32.1. The maximum atomic E-state index is 10.9. The van der Waals surface area contributed by atoms with Crippen LogP contribution in [0.2, 0.25) is 0 Å². The number of anilines is 1. The number of nitrogen functional groups attached to an aromatic ring is 1. The monoisotopic (exact) mass is 259 g/mol. The highest BCUT2D eigenvalue weighted by Gasteiger charge is 2.17. The number of rotatable bonds is 5. The molecule has 1 aromatic heterocycles. The fraction of sp³-hybridized carbons (Fsp3) is 0.250. The van der Waals surface area contributed by atoms with Gasteiger partial charge in [-0.2, -0.15) is 0 Å². The molecule has 1 heterocycles. The number of hydrogen-bond acceptors (Lipinski definition) is 8. The molecular weight excluding hydrogens is 250 g/mol. The maximum absolute atomic E-state index is 10.9. The van der Waals surface area contributed by atoms with Crippen LogP contribution in [0.5, 0.6) is 0 Å². The summed E-state index contributed by atoms with van der Waals surface area (Å²) in [7, 11) is 1.18. The van der Waals surface area contributed by atoms with Crippen LogP contribution in [0.1, 0.15) is 5.69 Å². The Morgan fingerprint density at radius 3 is 2.82 bits per heavy atom. The topological polar surface area (TPSA) is 124 Å². The molecule has 92 valence electrons. The van der Waals surface area contributed by atoms with Crippen LogP contribution in [0.25, 0.3) is 0 Å². The first-order valence-electron chi connectivity index (χ1n) is 4.26. The van der Waals surface area contributed by atoms with Gasteiger partial charge in [-0.15, -0.1) is 11.3 Å². The fourth-order valence-electron chi connectivity index (χ4n) is 0.800. The molecule has 0 spiro atoms. The minimum Gasteiger partial charge on any atom is -0.476 e. The Morgan fingerprint density at radius 2 is 2.35 bits per heavy atom.